The molecule has 2 aliphatic rings. The van der Waals surface area contributed by atoms with Gasteiger partial charge in [0.2, 0.25) is 0 Å². The molecular formula is C9H16O5S. The smallest absolute Gasteiger partial charge is 0.190 e. The van der Waals surface area contributed by atoms with Gasteiger partial charge in [0.15, 0.2) is 12.1 Å². The van der Waals surface area contributed by atoms with E-state index >= 15 is 0 Å². The third kappa shape index (κ3) is 2.02. The number of hydrogen-bond donors (Lipinski definition) is 3. The predicted molar refractivity (Wildman–Crippen MR) is 54.6 cm³/mol. The zero-order chi connectivity index (χ0) is 11.2. The van der Waals surface area contributed by atoms with Gasteiger partial charge in [-0.1, -0.05) is 0 Å². The van der Waals surface area contributed by atoms with Gasteiger partial charge in [-0.15, -0.1) is 0 Å². The van der Waals surface area contributed by atoms with Gasteiger partial charge in [0.05, 0.1) is 11.9 Å². The quantitative estimate of drug-likeness (QED) is 0.565. The van der Waals surface area contributed by atoms with Crippen molar-refractivity contribution in [2.45, 2.75) is 49.5 Å². The number of hydrogen-bond acceptors (Lipinski definition) is 6. The molecular weight excluding hydrogens is 220 g/mol. The molecule has 0 aromatic rings. The Morgan fingerprint density at radius 2 is 2.07 bits per heavy atom. The lowest BCUT2D eigenvalue weighted by atomic mass is 10.1. The van der Waals surface area contributed by atoms with E-state index in [1.54, 1.807) is 13.8 Å². The first-order valence-corrected chi connectivity index (χ1v) is 5.44. The van der Waals surface area contributed by atoms with E-state index in [1.165, 1.54) is 0 Å². The Hall–Kier alpha value is 0.150. The molecule has 0 aliphatic carbocycles. The summed E-state index contributed by atoms with van der Waals surface area (Å²) >= 11 is 4.13. The van der Waals surface area contributed by atoms with E-state index in [4.69, 9.17) is 19.3 Å². The number of thiol groups is 1. The molecule has 88 valence electrons. The van der Waals surface area contributed by atoms with Crippen molar-refractivity contribution in [1.82, 2.24) is 0 Å². The summed E-state index contributed by atoms with van der Waals surface area (Å²) in [6, 6.07) is 0. The second-order valence-corrected chi connectivity index (χ2v) is 4.97. The maximum atomic E-state index is 9.90. The zero-order valence-electron chi connectivity index (χ0n) is 8.66. The van der Waals surface area contributed by atoms with Crippen molar-refractivity contribution in [3.05, 3.63) is 0 Å². The molecule has 0 amide bonds. The second-order valence-electron chi connectivity index (χ2n) is 4.31. The van der Waals surface area contributed by atoms with Crippen LogP contribution in [0.5, 0.6) is 0 Å². The van der Waals surface area contributed by atoms with Crippen molar-refractivity contribution < 1.29 is 24.4 Å². The van der Waals surface area contributed by atoms with Gasteiger partial charge < -0.3 is 24.4 Å². The van der Waals surface area contributed by atoms with Crippen LogP contribution in [0.25, 0.3) is 0 Å². The predicted octanol–water partition coefficient (Wildman–Crippen LogP) is -0.486. The lowest BCUT2D eigenvalue weighted by Crippen LogP contribution is -2.40. The fourth-order valence-electron chi connectivity index (χ4n) is 1.94. The average Bonchev–Trinajstić information content (AvgIpc) is 2.60. The van der Waals surface area contributed by atoms with E-state index < -0.39 is 35.6 Å². The maximum absolute atomic E-state index is 9.90. The summed E-state index contributed by atoms with van der Waals surface area (Å²) in [5.41, 5.74) is 0. The van der Waals surface area contributed by atoms with Crippen LogP contribution >= 0.6 is 12.6 Å². The van der Waals surface area contributed by atoms with Crippen LogP contribution < -0.4 is 0 Å². The summed E-state index contributed by atoms with van der Waals surface area (Å²) in [7, 11) is 0. The molecule has 0 aromatic heterocycles. The first kappa shape index (κ1) is 11.6. The van der Waals surface area contributed by atoms with E-state index in [-0.39, 0.29) is 6.61 Å². The van der Waals surface area contributed by atoms with Crippen LogP contribution in [-0.4, -0.2) is 52.5 Å². The first-order chi connectivity index (χ1) is 6.94. The van der Waals surface area contributed by atoms with E-state index in [1.807, 2.05) is 0 Å². The largest absolute Gasteiger partial charge is 0.395 e. The van der Waals surface area contributed by atoms with Crippen molar-refractivity contribution in [2.24, 2.45) is 0 Å². The highest BCUT2D eigenvalue weighted by atomic mass is 32.1. The summed E-state index contributed by atoms with van der Waals surface area (Å²) in [5, 5.41) is 18.4. The Bertz CT molecular complexity index is 247. The molecule has 6 heteroatoms. The molecule has 2 heterocycles. The Morgan fingerprint density at radius 3 is 2.60 bits per heavy atom. The number of aliphatic hydroxyl groups is 2. The summed E-state index contributed by atoms with van der Waals surface area (Å²) in [4.78, 5) is 0. The standard InChI is InChI=1S/C9H16O5S/c1-9(2)13-7-5(11)6(4(15)3-10)12-8(7)14-9/h4-8,10-11,15H,3H2,1-2H3/t4-,5+,6-,7-,8-/m1/s1. The average molecular weight is 236 g/mol. The number of aliphatic hydroxyl groups excluding tert-OH is 2. The monoisotopic (exact) mass is 236 g/mol. The Labute approximate surface area is 93.7 Å². The lowest BCUT2D eigenvalue weighted by molar-refractivity contribution is -0.215. The van der Waals surface area contributed by atoms with Gasteiger partial charge >= 0.3 is 0 Å². The minimum atomic E-state index is -0.813. The second kappa shape index (κ2) is 3.87. The van der Waals surface area contributed by atoms with Crippen LogP contribution in [0.4, 0.5) is 0 Å². The first-order valence-electron chi connectivity index (χ1n) is 4.93. The molecule has 5 nitrogen and oxygen atoms in total. The Morgan fingerprint density at radius 1 is 1.40 bits per heavy atom. The third-order valence-corrected chi connectivity index (χ3v) is 3.08. The van der Waals surface area contributed by atoms with Gasteiger partial charge in [-0.25, -0.2) is 0 Å². The Balaban J connectivity index is 2.05. The van der Waals surface area contributed by atoms with Crippen molar-refractivity contribution in [3.63, 3.8) is 0 Å². The highest BCUT2D eigenvalue weighted by Crippen LogP contribution is 2.38. The molecule has 2 fully saturated rings. The van der Waals surface area contributed by atoms with Gasteiger partial charge in [0.1, 0.15) is 18.3 Å². The summed E-state index contributed by atoms with van der Waals surface area (Å²) in [6.45, 7) is 3.37. The zero-order valence-corrected chi connectivity index (χ0v) is 9.55. The SMILES string of the molecule is CC1(C)O[C@H]2O[C@H]([C@H](S)CO)[C@H](O)[C@H]2O1. The topological polar surface area (TPSA) is 68.2 Å². The van der Waals surface area contributed by atoms with Gasteiger partial charge in [-0.3, -0.25) is 0 Å². The molecule has 2 N–H and O–H groups in total. The maximum Gasteiger partial charge on any atom is 0.190 e. The van der Waals surface area contributed by atoms with Crippen LogP contribution in [0.15, 0.2) is 0 Å². The number of rotatable bonds is 2. The lowest BCUT2D eigenvalue weighted by Gasteiger charge is -2.25. The van der Waals surface area contributed by atoms with Crippen molar-refractivity contribution in [1.29, 1.82) is 0 Å². The van der Waals surface area contributed by atoms with Gasteiger partial charge in [-0.2, -0.15) is 12.6 Å². The van der Waals surface area contributed by atoms with Crippen LogP contribution in [0.1, 0.15) is 13.8 Å². The number of ether oxygens (including phenoxy) is 3. The Kier molecular flexibility index (Phi) is 3.00. The molecule has 0 aromatic carbocycles. The van der Waals surface area contributed by atoms with Crippen molar-refractivity contribution >= 4 is 12.6 Å². The van der Waals surface area contributed by atoms with Crippen LogP contribution in [-0.2, 0) is 14.2 Å². The molecule has 0 spiro atoms. The normalized spacial score (nSPS) is 45.4. The molecule has 0 bridgehead atoms. The van der Waals surface area contributed by atoms with Gasteiger partial charge in [0, 0.05) is 0 Å². The molecule has 2 aliphatic heterocycles. The third-order valence-electron chi connectivity index (χ3n) is 2.62. The molecule has 2 saturated heterocycles. The van der Waals surface area contributed by atoms with Crippen molar-refractivity contribution in [2.75, 3.05) is 6.61 Å². The summed E-state index contributed by atoms with van der Waals surface area (Å²) in [6.07, 6.45) is -2.43. The summed E-state index contributed by atoms with van der Waals surface area (Å²) < 4.78 is 16.4. The van der Waals surface area contributed by atoms with Crippen LogP contribution in [0.3, 0.4) is 0 Å². The van der Waals surface area contributed by atoms with E-state index in [9.17, 15) is 5.11 Å². The molecule has 5 atom stereocenters. The van der Waals surface area contributed by atoms with E-state index in [2.05, 4.69) is 12.6 Å². The highest BCUT2D eigenvalue weighted by Gasteiger charge is 2.55. The number of fused-ring (bicyclic) bond motifs is 1. The van der Waals surface area contributed by atoms with Crippen LogP contribution in [0, 0.1) is 0 Å². The molecule has 0 saturated carbocycles. The van der Waals surface area contributed by atoms with Gasteiger partial charge in [0.25, 0.3) is 0 Å². The fraction of sp³-hybridized carbons (Fsp3) is 1.00. The van der Waals surface area contributed by atoms with E-state index in [0.717, 1.165) is 0 Å². The van der Waals surface area contributed by atoms with Crippen molar-refractivity contribution in [3.8, 4) is 0 Å². The molecule has 0 unspecified atom stereocenters. The van der Waals surface area contributed by atoms with Crippen LogP contribution in [0.2, 0.25) is 0 Å². The van der Waals surface area contributed by atoms with E-state index in [0.29, 0.717) is 0 Å². The molecule has 2 rings (SSSR count). The molecule has 15 heavy (non-hydrogen) atoms. The summed E-state index contributed by atoms with van der Waals surface area (Å²) in [5.74, 6) is -0.730. The highest BCUT2D eigenvalue weighted by molar-refractivity contribution is 7.81. The minimum absolute atomic E-state index is 0.159. The fourth-order valence-corrected chi connectivity index (χ4v) is 2.18. The minimum Gasteiger partial charge on any atom is -0.395 e. The molecule has 0 radical (unpaired) electrons. The van der Waals surface area contributed by atoms with Gasteiger partial charge in [-0.05, 0) is 13.8 Å².